The molecule has 5 nitrogen and oxygen atoms in total. The highest BCUT2D eigenvalue weighted by Crippen LogP contribution is 2.17. The minimum Gasteiger partial charge on any atom is -0.395 e. The van der Waals surface area contributed by atoms with E-state index in [0.717, 1.165) is 25.9 Å². The lowest BCUT2D eigenvalue weighted by molar-refractivity contribution is 0.0725. The maximum atomic E-state index is 12.4. The van der Waals surface area contributed by atoms with Crippen molar-refractivity contribution >= 4 is 11.7 Å². The lowest BCUT2D eigenvalue weighted by Gasteiger charge is -2.27. The Morgan fingerprint density at radius 2 is 2.17 bits per heavy atom. The van der Waals surface area contributed by atoms with Gasteiger partial charge in [0.05, 0.1) is 12.2 Å². The largest absolute Gasteiger partial charge is 0.395 e. The van der Waals surface area contributed by atoms with Crippen LogP contribution in [-0.4, -0.2) is 47.1 Å². The Morgan fingerprint density at radius 3 is 2.89 bits per heavy atom. The zero-order chi connectivity index (χ0) is 12.8. The van der Waals surface area contributed by atoms with Gasteiger partial charge in [-0.1, -0.05) is 0 Å². The summed E-state index contributed by atoms with van der Waals surface area (Å²) in [7, 11) is 0. The van der Waals surface area contributed by atoms with E-state index in [-0.39, 0.29) is 12.5 Å². The van der Waals surface area contributed by atoms with Crippen LogP contribution in [0.25, 0.3) is 0 Å². The molecule has 1 aliphatic heterocycles. The summed E-state index contributed by atoms with van der Waals surface area (Å²) in [5.74, 6) is 0.588. The number of hydrogen-bond donors (Lipinski definition) is 2. The van der Waals surface area contributed by atoms with Crippen molar-refractivity contribution in [1.29, 1.82) is 0 Å². The number of aliphatic hydroxyl groups is 1. The number of anilines is 1. The second-order valence-electron chi connectivity index (χ2n) is 4.40. The van der Waals surface area contributed by atoms with Crippen LogP contribution in [0.3, 0.4) is 0 Å². The summed E-state index contributed by atoms with van der Waals surface area (Å²) in [4.78, 5) is 18.4. The maximum Gasteiger partial charge on any atom is 0.257 e. The van der Waals surface area contributed by atoms with Crippen LogP contribution >= 0.6 is 0 Å². The van der Waals surface area contributed by atoms with Gasteiger partial charge in [-0.15, -0.1) is 0 Å². The summed E-state index contributed by atoms with van der Waals surface area (Å²) in [6.07, 6.45) is 5.00. The van der Waals surface area contributed by atoms with Gasteiger partial charge >= 0.3 is 0 Å². The highest BCUT2D eigenvalue weighted by molar-refractivity contribution is 5.98. The van der Waals surface area contributed by atoms with Crippen LogP contribution < -0.4 is 5.32 Å². The first kappa shape index (κ1) is 12.8. The molecule has 0 bridgehead atoms. The molecule has 1 aromatic heterocycles. The first-order valence-electron chi connectivity index (χ1n) is 6.42. The average molecular weight is 249 g/mol. The lowest BCUT2D eigenvalue weighted by atomic mass is 10.1. The summed E-state index contributed by atoms with van der Waals surface area (Å²) in [5.41, 5.74) is 0.591. The van der Waals surface area contributed by atoms with Crippen molar-refractivity contribution in [2.75, 3.05) is 31.6 Å². The van der Waals surface area contributed by atoms with E-state index in [1.54, 1.807) is 18.3 Å². The molecule has 2 heterocycles. The second kappa shape index (κ2) is 6.35. The number of piperidine rings is 1. The Morgan fingerprint density at radius 1 is 1.39 bits per heavy atom. The summed E-state index contributed by atoms with van der Waals surface area (Å²) in [5, 5.41) is 11.8. The Bertz CT molecular complexity index is 403. The molecule has 98 valence electrons. The summed E-state index contributed by atoms with van der Waals surface area (Å²) < 4.78 is 0. The van der Waals surface area contributed by atoms with Crippen LogP contribution in [0.4, 0.5) is 5.82 Å². The van der Waals surface area contributed by atoms with Gasteiger partial charge in [-0.05, 0) is 31.4 Å². The molecule has 0 aliphatic carbocycles. The number of nitrogens with zero attached hydrogens (tertiary/aromatic N) is 2. The Balaban J connectivity index is 2.12. The molecule has 1 saturated heterocycles. The van der Waals surface area contributed by atoms with Gasteiger partial charge < -0.3 is 15.3 Å². The van der Waals surface area contributed by atoms with Crippen LogP contribution in [-0.2, 0) is 0 Å². The quantitative estimate of drug-likeness (QED) is 0.839. The Hall–Kier alpha value is -1.62. The normalized spacial score (nSPS) is 15.5. The van der Waals surface area contributed by atoms with Crippen molar-refractivity contribution in [2.24, 2.45) is 0 Å². The van der Waals surface area contributed by atoms with Gasteiger partial charge in [0.1, 0.15) is 5.82 Å². The monoisotopic (exact) mass is 249 g/mol. The van der Waals surface area contributed by atoms with Gasteiger partial charge in [-0.25, -0.2) is 4.98 Å². The predicted octanol–water partition coefficient (Wildman–Crippen LogP) is 1.11. The molecule has 1 aliphatic rings. The topological polar surface area (TPSA) is 65.5 Å². The summed E-state index contributed by atoms with van der Waals surface area (Å²) >= 11 is 0. The minimum atomic E-state index is 0.0217. The third kappa shape index (κ3) is 2.98. The molecule has 2 N–H and O–H groups in total. The zero-order valence-corrected chi connectivity index (χ0v) is 10.4. The highest BCUT2D eigenvalue weighted by atomic mass is 16.3. The predicted molar refractivity (Wildman–Crippen MR) is 69.6 cm³/mol. The molecular formula is C13H19N3O2. The first-order valence-corrected chi connectivity index (χ1v) is 6.42. The van der Waals surface area contributed by atoms with E-state index in [4.69, 9.17) is 5.11 Å². The van der Waals surface area contributed by atoms with E-state index < -0.39 is 0 Å². The number of pyridine rings is 1. The van der Waals surface area contributed by atoms with Crippen LogP contribution in [0, 0.1) is 0 Å². The van der Waals surface area contributed by atoms with Gasteiger partial charge in [0.2, 0.25) is 0 Å². The fraction of sp³-hybridized carbons (Fsp3) is 0.538. The highest BCUT2D eigenvalue weighted by Gasteiger charge is 2.20. The number of carbonyl (C=O) groups is 1. The fourth-order valence-electron chi connectivity index (χ4n) is 2.16. The molecule has 1 amide bonds. The van der Waals surface area contributed by atoms with Gasteiger partial charge in [0.25, 0.3) is 5.91 Å². The number of aliphatic hydroxyl groups excluding tert-OH is 1. The fourth-order valence-corrected chi connectivity index (χ4v) is 2.16. The molecule has 0 atom stereocenters. The number of likely N-dealkylation sites (tertiary alicyclic amines) is 1. The first-order chi connectivity index (χ1) is 8.83. The molecule has 18 heavy (non-hydrogen) atoms. The van der Waals surface area contributed by atoms with Crippen LogP contribution in [0.5, 0.6) is 0 Å². The number of amides is 1. The van der Waals surface area contributed by atoms with Crippen molar-refractivity contribution in [3.05, 3.63) is 23.9 Å². The van der Waals surface area contributed by atoms with Crippen molar-refractivity contribution in [3.8, 4) is 0 Å². The summed E-state index contributed by atoms with van der Waals surface area (Å²) in [6.45, 7) is 2.07. The van der Waals surface area contributed by atoms with Crippen molar-refractivity contribution in [1.82, 2.24) is 9.88 Å². The number of hydrogen-bond acceptors (Lipinski definition) is 4. The molecular weight excluding hydrogens is 230 g/mol. The lowest BCUT2D eigenvalue weighted by Crippen LogP contribution is -2.36. The van der Waals surface area contributed by atoms with Crippen LogP contribution in [0.15, 0.2) is 18.3 Å². The maximum absolute atomic E-state index is 12.4. The Labute approximate surface area is 107 Å². The molecule has 2 rings (SSSR count). The molecule has 0 unspecified atom stereocenters. The molecule has 0 spiro atoms. The third-order valence-electron chi connectivity index (χ3n) is 3.09. The van der Waals surface area contributed by atoms with E-state index in [0.29, 0.717) is 17.9 Å². The van der Waals surface area contributed by atoms with Gasteiger partial charge in [-0.2, -0.15) is 0 Å². The van der Waals surface area contributed by atoms with Crippen molar-refractivity contribution < 1.29 is 9.90 Å². The Kier molecular flexibility index (Phi) is 4.52. The van der Waals surface area contributed by atoms with E-state index in [1.807, 2.05) is 4.90 Å². The average Bonchev–Trinajstić information content (AvgIpc) is 2.45. The molecule has 0 saturated carbocycles. The number of carbonyl (C=O) groups excluding carboxylic acids is 1. The SMILES string of the molecule is O=C(c1cccnc1NCCO)N1CCCCC1. The van der Waals surface area contributed by atoms with Crippen LogP contribution in [0.2, 0.25) is 0 Å². The molecule has 0 aromatic carbocycles. The van der Waals surface area contributed by atoms with Crippen molar-refractivity contribution in [2.45, 2.75) is 19.3 Å². The van der Waals surface area contributed by atoms with Gasteiger partial charge in [-0.3, -0.25) is 4.79 Å². The smallest absolute Gasteiger partial charge is 0.257 e. The number of rotatable bonds is 4. The van der Waals surface area contributed by atoms with Gasteiger partial charge in [0.15, 0.2) is 0 Å². The molecule has 1 aromatic rings. The van der Waals surface area contributed by atoms with E-state index in [9.17, 15) is 4.79 Å². The number of aromatic nitrogens is 1. The van der Waals surface area contributed by atoms with E-state index in [1.165, 1.54) is 6.42 Å². The minimum absolute atomic E-state index is 0.0217. The standard InChI is InChI=1S/C13H19N3O2/c17-10-7-15-12-11(5-4-6-14-12)13(18)16-8-2-1-3-9-16/h4-6,17H,1-3,7-10H2,(H,14,15). The van der Waals surface area contributed by atoms with Gasteiger partial charge in [0, 0.05) is 25.8 Å². The third-order valence-corrected chi connectivity index (χ3v) is 3.09. The van der Waals surface area contributed by atoms with E-state index in [2.05, 4.69) is 10.3 Å². The molecule has 1 fully saturated rings. The van der Waals surface area contributed by atoms with Crippen molar-refractivity contribution in [3.63, 3.8) is 0 Å². The molecule has 0 radical (unpaired) electrons. The molecule has 5 heteroatoms. The number of nitrogens with one attached hydrogen (secondary N) is 1. The van der Waals surface area contributed by atoms with E-state index >= 15 is 0 Å². The zero-order valence-electron chi connectivity index (χ0n) is 10.4. The summed E-state index contributed by atoms with van der Waals surface area (Å²) in [6, 6.07) is 3.55. The second-order valence-corrected chi connectivity index (χ2v) is 4.40. The van der Waals surface area contributed by atoms with Crippen LogP contribution in [0.1, 0.15) is 29.6 Å².